The van der Waals surface area contributed by atoms with Gasteiger partial charge in [-0.3, -0.25) is 0 Å². The third kappa shape index (κ3) is 5.45. The van der Waals surface area contributed by atoms with Crippen LogP contribution in [0.5, 0.6) is 17.2 Å². The van der Waals surface area contributed by atoms with Crippen LogP contribution in [-0.2, 0) is 6.61 Å². The minimum atomic E-state index is 0.262. The Bertz CT molecular complexity index is 1190. The summed E-state index contributed by atoms with van der Waals surface area (Å²) in [5.74, 6) is 1.91. The van der Waals surface area contributed by atoms with Crippen LogP contribution in [0.1, 0.15) is 35.6 Å². The first-order chi connectivity index (χ1) is 16.2. The number of allylic oxidation sites excluding steroid dienone is 1. The highest BCUT2D eigenvalue weighted by molar-refractivity contribution is 5.98. The SMILES string of the molecule is CCC(=C(c1ccc(O)cc1)c1ccc(OCc2ccc(OC)cc2)cc1)c1ccccc1. The third-order valence-electron chi connectivity index (χ3n) is 5.64. The van der Waals surface area contributed by atoms with E-state index in [1.165, 1.54) is 11.1 Å². The normalized spacial score (nSPS) is 11.6. The second-order valence-electron chi connectivity index (χ2n) is 7.78. The van der Waals surface area contributed by atoms with E-state index in [1.54, 1.807) is 19.2 Å². The summed E-state index contributed by atoms with van der Waals surface area (Å²) in [7, 11) is 1.66. The molecule has 0 aromatic heterocycles. The molecule has 0 heterocycles. The molecule has 0 radical (unpaired) electrons. The Morgan fingerprint density at radius 2 is 1.24 bits per heavy atom. The van der Waals surface area contributed by atoms with Crippen molar-refractivity contribution in [2.75, 3.05) is 7.11 Å². The predicted molar refractivity (Wildman–Crippen MR) is 135 cm³/mol. The highest BCUT2D eigenvalue weighted by Gasteiger charge is 2.13. The molecule has 33 heavy (non-hydrogen) atoms. The van der Waals surface area contributed by atoms with E-state index in [0.717, 1.165) is 40.2 Å². The van der Waals surface area contributed by atoms with Crippen molar-refractivity contribution in [3.8, 4) is 17.2 Å². The third-order valence-corrected chi connectivity index (χ3v) is 5.64. The molecule has 4 aromatic rings. The zero-order valence-electron chi connectivity index (χ0n) is 19.0. The highest BCUT2D eigenvalue weighted by atomic mass is 16.5. The molecule has 0 aliphatic rings. The number of phenolic OH excluding ortho intramolecular Hbond substituents is 1. The molecule has 3 heteroatoms. The molecule has 0 amide bonds. The molecule has 0 spiro atoms. The first kappa shape index (κ1) is 22.2. The zero-order chi connectivity index (χ0) is 23.0. The van der Waals surface area contributed by atoms with Crippen molar-refractivity contribution in [2.45, 2.75) is 20.0 Å². The number of hydrogen-bond acceptors (Lipinski definition) is 3. The summed E-state index contributed by atoms with van der Waals surface area (Å²) < 4.78 is 11.2. The lowest BCUT2D eigenvalue weighted by molar-refractivity contribution is 0.306. The fraction of sp³-hybridized carbons (Fsp3) is 0.133. The van der Waals surface area contributed by atoms with E-state index in [9.17, 15) is 5.11 Å². The number of benzene rings is 4. The Hall–Kier alpha value is -3.98. The first-order valence-electron chi connectivity index (χ1n) is 11.1. The van der Waals surface area contributed by atoms with Crippen molar-refractivity contribution in [2.24, 2.45) is 0 Å². The lowest BCUT2D eigenvalue weighted by Crippen LogP contribution is -1.97. The van der Waals surface area contributed by atoms with Crippen molar-refractivity contribution in [3.63, 3.8) is 0 Å². The van der Waals surface area contributed by atoms with Gasteiger partial charge in [-0.2, -0.15) is 0 Å². The molecule has 0 aliphatic heterocycles. The molecule has 166 valence electrons. The molecule has 0 saturated heterocycles. The fourth-order valence-electron chi connectivity index (χ4n) is 3.91. The maximum atomic E-state index is 9.80. The van der Waals surface area contributed by atoms with Gasteiger partial charge in [0.1, 0.15) is 23.9 Å². The van der Waals surface area contributed by atoms with Crippen LogP contribution in [0.3, 0.4) is 0 Å². The molecule has 0 aliphatic carbocycles. The molecule has 0 unspecified atom stereocenters. The number of aromatic hydroxyl groups is 1. The van der Waals surface area contributed by atoms with Gasteiger partial charge in [-0.25, -0.2) is 0 Å². The van der Waals surface area contributed by atoms with Crippen molar-refractivity contribution in [1.82, 2.24) is 0 Å². The van der Waals surface area contributed by atoms with E-state index in [4.69, 9.17) is 9.47 Å². The predicted octanol–water partition coefficient (Wildman–Crippen LogP) is 7.35. The average Bonchev–Trinajstić information content (AvgIpc) is 2.88. The van der Waals surface area contributed by atoms with Gasteiger partial charge in [0.15, 0.2) is 0 Å². The summed E-state index contributed by atoms with van der Waals surface area (Å²) in [6.07, 6.45) is 0.885. The molecule has 4 rings (SSSR count). The summed E-state index contributed by atoms with van der Waals surface area (Å²) >= 11 is 0. The van der Waals surface area contributed by atoms with Gasteiger partial charge < -0.3 is 14.6 Å². The molecule has 0 bridgehead atoms. The van der Waals surface area contributed by atoms with Gasteiger partial charge in [-0.15, -0.1) is 0 Å². The van der Waals surface area contributed by atoms with Crippen molar-refractivity contribution in [1.29, 1.82) is 0 Å². The Kier molecular flexibility index (Phi) is 7.11. The van der Waals surface area contributed by atoms with Crippen molar-refractivity contribution in [3.05, 3.63) is 125 Å². The van der Waals surface area contributed by atoms with E-state index in [-0.39, 0.29) is 5.75 Å². The van der Waals surface area contributed by atoms with Crippen molar-refractivity contribution >= 4 is 11.1 Å². The fourth-order valence-corrected chi connectivity index (χ4v) is 3.91. The molecular weight excluding hydrogens is 408 g/mol. The van der Waals surface area contributed by atoms with E-state index in [0.29, 0.717) is 6.61 Å². The number of rotatable bonds is 8. The summed E-state index contributed by atoms with van der Waals surface area (Å²) in [5, 5.41) is 9.80. The van der Waals surface area contributed by atoms with E-state index in [2.05, 4.69) is 43.3 Å². The summed E-state index contributed by atoms with van der Waals surface area (Å²) in [4.78, 5) is 0. The lowest BCUT2D eigenvalue weighted by Gasteiger charge is -2.17. The summed E-state index contributed by atoms with van der Waals surface area (Å²) in [5.41, 5.74) is 6.88. The molecule has 0 fully saturated rings. The topological polar surface area (TPSA) is 38.7 Å². The summed E-state index contributed by atoms with van der Waals surface area (Å²) in [6, 6.07) is 34.0. The van der Waals surface area contributed by atoms with Crippen LogP contribution in [0.25, 0.3) is 11.1 Å². The Morgan fingerprint density at radius 1 is 0.667 bits per heavy atom. The maximum Gasteiger partial charge on any atom is 0.119 e. The van der Waals surface area contributed by atoms with Crippen LogP contribution in [0.4, 0.5) is 0 Å². The lowest BCUT2D eigenvalue weighted by atomic mass is 9.88. The van der Waals surface area contributed by atoms with Gasteiger partial charge in [0, 0.05) is 0 Å². The van der Waals surface area contributed by atoms with Crippen LogP contribution >= 0.6 is 0 Å². The van der Waals surface area contributed by atoms with Crippen LogP contribution in [-0.4, -0.2) is 12.2 Å². The largest absolute Gasteiger partial charge is 0.508 e. The molecule has 4 aromatic carbocycles. The Balaban J connectivity index is 1.64. The number of methoxy groups -OCH3 is 1. The number of hydrogen-bond donors (Lipinski definition) is 1. The minimum Gasteiger partial charge on any atom is -0.508 e. The Morgan fingerprint density at radius 3 is 1.82 bits per heavy atom. The van der Waals surface area contributed by atoms with E-state index >= 15 is 0 Å². The average molecular weight is 437 g/mol. The Labute approximate surface area is 195 Å². The molecular formula is C30H28O3. The van der Waals surface area contributed by atoms with Gasteiger partial charge in [-0.05, 0) is 76.2 Å². The first-order valence-corrected chi connectivity index (χ1v) is 11.1. The van der Waals surface area contributed by atoms with Crippen LogP contribution in [0.15, 0.2) is 103 Å². The smallest absolute Gasteiger partial charge is 0.119 e. The maximum absolute atomic E-state index is 9.80. The zero-order valence-corrected chi connectivity index (χ0v) is 19.0. The van der Waals surface area contributed by atoms with E-state index in [1.807, 2.05) is 54.6 Å². The molecule has 0 saturated carbocycles. The number of phenols is 1. The van der Waals surface area contributed by atoms with Crippen molar-refractivity contribution < 1.29 is 14.6 Å². The van der Waals surface area contributed by atoms with Crippen LogP contribution in [0, 0.1) is 0 Å². The minimum absolute atomic E-state index is 0.262. The van der Waals surface area contributed by atoms with Gasteiger partial charge >= 0.3 is 0 Å². The van der Waals surface area contributed by atoms with Crippen LogP contribution < -0.4 is 9.47 Å². The summed E-state index contributed by atoms with van der Waals surface area (Å²) in [6.45, 7) is 2.67. The van der Waals surface area contributed by atoms with Gasteiger partial charge in [0.25, 0.3) is 0 Å². The van der Waals surface area contributed by atoms with Gasteiger partial charge in [0.2, 0.25) is 0 Å². The quantitative estimate of drug-likeness (QED) is 0.294. The molecule has 0 atom stereocenters. The standard InChI is InChI=1S/C30H28O3/c1-3-29(23-7-5-4-6-8-23)30(24-11-15-26(31)16-12-24)25-13-19-28(20-14-25)33-21-22-9-17-27(32-2)18-10-22/h4-20,31H,3,21H2,1-2H3. The monoisotopic (exact) mass is 436 g/mol. The van der Waals surface area contributed by atoms with Gasteiger partial charge in [-0.1, -0.05) is 73.7 Å². The second-order valence-corrected chi connectivity index (χ2v) is 7.78. The molecule has 3 nitrogen and oxygen atoms in total. The van der Waals surface area contributed by atoms with Gasteiger partial charge in [0.05, 0.1) is 7.11 Å². The number of ether oxygens (including phenoxy) is 2. The highest BCUT2D eigenvalue weighted by Crippen LogP contribution is 2.35. The van der Waals surface area contributed by atoms with E-state index < -0.39 is 0 Å². The second kappa shape index (κ2) is 10.6. The molecule has 1 N–H and O–H groups in total. The van der Waals surface area contributed by atoms with Crippen LogP contribution in [0.2, 0.25) is 0 Å².